The van der Waals surface area contributed by atoms with Crippen LogP contribution in [0.3, 0.4) is 0 Å². The summed E-state index contributed by atoms with van der Waals surface area (Å²) < 4.78 is 0. The Hall–Kier alpha value is -1.74. The molecule has 2 aromatic rings. The van der Waals surface area contributed by atoms with E-state index in [0.717, 1.165) is 18.8 Å². The summed E-state index contributed by atoms with van der Waals surface area (Å²) in [5, 5.41) is 3.49. The highest BCUT2D eigenvalue weighted by Gasteiger charge is 2.20. The highest BCUT2D eigenvalue weighted by molar-refractivity contribution is 5.40. The number of anilines is 1. The molecule has 0 unspecified atom stereocenters. The van der Waals surface area contributed by atoms with E-state index in [4.69, 9.17) is 5.73 Å². The molecule has 0 atom stereocenters. The second-order valence-corrected chi connectivity index (χ2v) is 5.33. The van der Waals surface area contributed by atoms with Gasteiger partial charge in [-0.25, -0.2) is 0 Å². The van der Waals surface area contributed by atoms with Gasteiger partial charge in [0.05, 0.1) is 0 Å². The molecule has 0 aliphatic rings. The maximum atomic E-state index is 5.76. The number of H-pyrrole nitrogens is 1. The van der Waals surface area contributed by atoms with Crippen LogP contribution in [0.4, 0.5) is 5.69 Å². The first-order valence-electron chi connectivity index (χ1n) is 6.26. The first kappa shape index (κ1) is 12.7. The molecule has 4 N–H and O–H groups in total. The Labute approximate surface area is 108 Å². The lowest BCUT2D eigenvalue weighted by atomic mass is 9.86. The van der Waals surface area contributed by atoms with E-state index in [1.54, 1.807) is 0 Å². The normalized spacial score (nSPS) is 11.7. The number of hydrogen-bond donors (Lipinski definition) is 3. The van der Waals surface area contributed by atoms with E-state index < -0.39 is 0 Å². The van der Waals surface area contributed by atoms with Gasteiger partial charge in [-0.1, -0.05) is 26.0 Å². The third-order valence-corrected chi connectivity index (χ3v) is 3.23. The topological polar surface area (TPSA) is 53.8 Å². The quantitative estimate of drug-likeness (QED) is 0.707. The summed E-state index contributed by atoms with van der Waals surface area (Å²) in [7, 11) is 0. The maximum absolute atomic E-state index is 5.76. The van der Waals surface area contributed by atoms with Gasteiger partial charge in [-0.2, -0.15) is 0 Å². The van der Waals surface area contributed by atoms with Crippen LogP contribution in [0.25, 0.3) is 0 Å². The van der Waals surface area contributed by atoms with Crippen molar-refractivity contribution in [3.05, 3.63) is 53.9 Å². The van der Waals surface area contributed by atoms with Gasteiger partial charge in [0.2, 0.25) is 0 Å². The molecular formula is C15H21N3. The van der Waals surface area contributed by atoms with Crippen LogP contribution in [-0.2, 0) is 12.0 Å². The minimum atomic E-state index is 0.125. The summed E-state index contributed by atoms with van der Waals surface area (Å²) in [4.78, 5) is 3.11. The fourth-order valence-electron chi connectivity index (χ4n) is 2.07. The molecule has 0 bridgehead atoms. The fourth-order valence-corrected chi connectivity index (χ4v) is 2.07. The summed E-state index contributed by atoms with van der Waals surface area (Å²) in [5.41, 5.74) is 9.25. The van der Waals surface area contributed by atoms with Gasteiger partial charge in [0.15, 0.2) is 0 Å². The van der Waals surface area contributed by atoms with Gasteiger partial charge in [0.25, 0.3) is 0 Å². The van der Waals surface area contributed by atoms with E-state index in [1.165, 1.54) is 11.1 Å². The summed E-state index contributed by atoms with van der Waals surface area (Å²) in [6.07, 6.45) is 4.02. The first-order valence-corrected chi connectivity index (χ1v) is 6.26. The molecule has 0 saturated heterocycles. The van der Waals surface area contributed by atoms with Crippen molar-refractivity contribution in [3.63, 3.8) is 0 Å². The second kappa shape index (κ2) is 5.27. The Morgan fingerprint density at radius 2 is 2.11 bits per heavy atom. The minimum Gasteiger partial charge on any atom is -0.399 e. The van der Waals surface area contributed by atoms with Crippen molar-refractivity contribution >= 4 is 5.69 Å². The lowest BCUT2D eigenvalue weighted by molar-refractivity contribution is 0.469. The minimum absolute atomic E-state index is 0.125. The average molecular weight is 243 g/mol. The largest absolute Gasteiger partial charge is 0.399 e. The molecule has 0 radical (unpaired) electrons. The van der Waals surface area contributed by atoms with Crippen LogP contribution in [0.1, 0.15) is 25.0 Å². The van der Waals surface area contributed by atoms with Gasteiger partial charge in [-0.3, -0.25) is 0 Å². The molecule has 96 valence electrons. The van der Waals surface area contributed by atoms with Crippen LogP contribution in [0, 0.1) is 0 Å². The highest BCUT2D eigenvalue weighted by atomic mass is 14.9. The van der Waals surface area contributed by atoms with Crippen LogP contribution >= 0.6 is 0 Å². The van der Waals surface area contributed by atoms with Crippen LogP contribution < -0.4 is 11.1 Å². The van der Waals surface area contributed by atoms with E-state index in [2.05, 4.69) is 42.5 Å². The van der Waals surface area contributed by atoms with Gasteiger partial charge >= 0.3 is 0 Å². The summed E-state index contributed by atoms with van der Waals surface area (Å²) in [6, 6.07) is 10.1. The third-order valence-electron chi connectivity index (χ3n) is 3.23. The lowest BCUT2D eigenvalue weighted by Crippen LogP contribution is -2.32. The summed E-state index contributed by atoms with van der Waals surface area (Å²) in [6.45, 7) is 6.25. The number of nitrogens with one attached hydrogen (secondary N) is 2. The van der Waals surface area contributed by atoms with E-state index in [1.807, 2.05) is 24.4 Å². The summed E-state index contributed by atoms with van der Waals surface area (Å²) >= 11 is 0. The standard InChI is InChI=1S/C15H21N3/c1-15(2,13-6-7-17-10-13)11-18-9-12-4-3-5-14(16)8-12/h3-8,10,17-18H,9,11,16H2,1-2H3. The number of benzene rings is 1. The number of rotatable bonds is 5. The Balaban J connectivity index is 1.89. The monoisotopic (exact) mass is 243 g/mol. The molecule has 0 aliphatic carbocycles. The van der Waals surface area contributed by atoms with Crippen molar-refractivity contribution in [2.24, 2.45) is 0 Å². The number of aromatic nitrogens is 1. The molecule has 0 spiro atoms. The van der Waals surface area contributed by atoms with E-state index in [9.17, 15) is 0 Å². The van der Waals surface area contributed by atoms with Crippen molar-refractivity contribution < 1.29 is 0 Å². The van der Waals surface area contributed by atoms with Gasteiger partial charge < -0.3 is 16.0 Å². The van der Waals surface area contributed by atoms with Crippen LogP contribution in [0.5, 0.6) is 0 Å². The zero-order chi connectivity index (χ0) is 13.0. The molecule has 1 aromatic heterocycles. The SMILES string of the molecule is CC(C)(CNCc1cccc(N)c1)c1cc[nH]c1. The van der Waals surface area contributed by atoms with E-state index in [-0.39, 0.29) is 5.41 Å². The van der Waals surface area contributed by atoms with Crippen molar-refractivity contribution in [2.45, 2.75) is 25.8 Å². The van der Waals surface area contributed by atoms with Crippen LogP contribution in [0.15, 0.2) is 42.7 Å². The molecule has 1 aromatic carbocycles. The van der Waals surface area contributed by atoms with Crippen LogP contribution in [0.2, 0.25) is 0 Å². The number of aromatic amines is 1. The van der Waals surface area contributed by atoms with Crippen molar-refractivity contribution in [1.82, 2.24) is 10.3 Å². The predicted molar refractivity (Wildman–Crippen MR) is 76.4 cm³/mol. The lowest BCUT2D eigenvalue weighted by Gasteiger charge is -2.24. The fraction of sp³-hybridized carbons (Fsp3) is 0.333. The molecule has 0 saturated carbocycles. The number of nitrogen functional groups attached to an aromatic ring is 1. The summed E-state index contributed by atoms with van der Waals surface area (Å²) in [5.74, 6) is 0. The second-order valence-electron chi connectivity index (χ2n) is 5.33. The zero-order valence-corrected chi connectivity index (χ0v) is 11.0. The van der Waals surface area contributed by atoms with Crippen molar-refractivity contribution in [3.8, 4) is 0 Å². The number of nitrogens with two attached hydrogens (primary N) is 1. The first-order chi connectivity index (χ1) is 8.58. The molecule has 0 aliphatic heterocycles. The Morgan fingerprint density at radius 1 is 1.28 bits per heavy atom. The zero-order valence-electron chi connectivity index (χ0n) is 11.0. The highest BCUT2D eigenvalue weighted by Crippen LogP contribution is 2.21. The Morgan fingerprint density at radius 3 is 2.78 bits per heavy atom. The Kier molecular flexibility index (Phi) is 3.72. The predicted octanol–water partition coefficient (Wildman–Crippen LogP) is 2.66. The molecule has 0 fully saturated rings. The van der Waals surface area contributed by atoms with Crippen molar-refractivity contribution in [1.29, 1.82) is 0 Å². The third kappa shape index (κ3) is 3.14. The van der Waals surface area contributed by atoms with Gasteiger partial charge in [0, 0.05) is 36.6 Å². The maximum Gasteiger partial charge on any atom is 0.0317 e. The number of hydrogen-bond acceptors (Lipinski definition) is 2. The average Bonchev–Trinajstić information content (AvgIpc) is 2.83. The van der Waals surface area contributed by atoms with E-state index in [0.29, 0.717) is 0 Å². The van der Waals surface area contributed by atoms with E-state index >= 15 is 0 Å². The smallest absolute Gasteiger partial charge is 0.0317 e. The molecule has 0 amide bonds. The molecule has 1 heterocycles. The molecule has 3 nitrogen and oxygen atoms in total. The van der Waals surface area contributed by atoms with Crippen LogP contribution in [-0.4, -0.2) is 11.5 Å². The van der Waals surface area contributed by atoms with Gasteiger partial charge in [-0.05, 0) is 29.3 Å². The Bertz CT molecular complexity index is 486. The molecular weight excluding hydrogens is 222 g/mol. The van der Waals surface area contributed by atoms with Gasteiger partial charge in [0.1, 0.15) is 0 Å². The molecule has 2 rings (SSSR count). The molecule has 18 heavy (non-hydrogen) atoms. The van der Waals surface area contributed by atoms with Gasteiger partial charge in [-0.15, -0.1) is 0 Å². The van der Waals surface area contributed by atoms with Crippen molar-refractivity contribution in [2.75, 3.05) is 12.3 Å². The molecule has 3 heteroatoms.